The summed E-state index contributed by atoms with van der Waals surface area (Å²) in [7, 11) is 0. The summed E-state index contributed by atoms with van der Waals surface area (Å²) in [6, 6.07) is 2.36. The van der Waals surface area contributed by atoms with Gasteiger partial charge in [-0.3, -0.25) is 4.79 Å². The fourth-order valence-corrected chi connectivity index (χ4v) is 3.55. The second kappa shape index (κ2) is 6.12. The molecule has 1 aliphatic heterocycles. The molecule has 1 aliphatic carbocycles. The van der Waals surface area contributed by atoms with Crippen molar-refractivity contribution in [2.75, 3.05) is 18.8 Å². The molecule has 4 heteroatoms. The third-order valence-electron chi connectivity index (χ3n) is 4.86. The summed E-state index contributed by atoms with van der Waals surface area (Å²) in [6.45, 7) is 4.05. The third kappa shape index (κ3) is 3.25. The van der Waals surface area contributed by atoms with E-state index in [-0.39, 0.29) is 5.91 Å². The molecular formula is C17H27N3O. The number of nitrogens with two attached hydrogens (primary N) is 1. The topological polar surface area (TPSA) is 51.3 Å². The van der Waals surface area contributed by atoms with E-state index in [9.17, 15) is 4.79 Å². The zero-order chi connectivity index (χ0) is 14.8. The maximum Gasteiger partial charge on any atom is 0.270 e. The molecule has 1 saturated carbocycles. The van der Waals surface area contributed by atoms with Gasteiger partial charge in [0.05, 0.1) is 5.69 Å². The smallest absolute Gasteiger partial charge is 0.270 e. The van der Waals surface area contributed by atoms with Gasteiger partial charge in [-0.25, -0.2) is 0 Å². The Bertz CT molecular complexity index is 504. The van der Waals surface area contributed by atoms with Crippen LogP contribution in [0.4, 0.5) is 5.69 Å². The number of likely N-dealkylation sites (tertiary alicyclic amines) is 1. The predicted octanol–water partition coefficient (Wildman–Crippen LogP) is 3.45. The fourth-order valence-electron chi connectivity index (χ4n) is 3.55. The number of amides is 1. The minimum atomic E-state index is 0.177. The molecule has 2 aliphatic rings. The van der Waals surface area contributed by atoms with Gasteiger partial charge in [0, 0.05) is 25.3 Å². The molecule has 116 valence electrons. The normalized spacial score (nSPS) is 23.1. The molecule has 1 atom stereocenters. The van der Waals surface area contributed by atoms with Crippen LogP contribution >= 0.6 is 0 Å². The van der Waals surface area contributed by atoms with E-state index in [0.717, 1.165) is 37.5 Å². The van der Waals surface area contributed by atoms with Gasteiger partial charge in [-0.1, -0.05) is 19.8 Å². The molecule has 4 nitrogen and oxygen atoms in total. The largest absolute Gasteiger partial charge is 0.397 e. The quantitative estimate of drug-likeness (QED) is 0.923. The van der Waals surface area contributed by atoms with Crippen LogP contribution in [-0.4, -0.2) is 28.5 Å². The third-order valence-corrected chi connectivity index (χ3v) is 4.86. The van der Waals surface area contributed by atoms with Gasteiger partial charge in [0.1, 0.15) is 5.69 Å². The average Bonchev–Trinajstić information content (AvgIpc) is 3.26. The van der Waals surface area contributed by atoms with Crippen molar-refractivity contribution in [1.82, 2.24) is 9.47 Å². The highest BCUT2D eigenvalue weighted by Gasteiger charge is 2.30. The van der Waals surface area contributed by atoms with Crippen LogP contribution < -0.4 is 5.73 Å². The van der Waals surface area contributed by atoms with Gasteiger partial charge in [-0.15, -0.1) is 0 Å². The lowest BCUT2D eigenvalue weighted by Crippen LogP contribution is -2.33. The summed E-state index contributed by atoms with van der Waals surface area (Å²) in [5.74, 6) is 0.976. The molecule has 2 N–H and O–H groups in total. The Labute approximate surface area is 127 Å². The predicted molar refractivity (Wildman–Crippen MR) is 85.3 cm³/mol. The molecule has 1 unspecified atom stereocenters. The van der Waals surface area contributed by atoms with Crippen molar-refractivity contribution in [2.45, 2.75) is 57.9 Å². The van der Waals surface area contributed by atoms with Crippen molar-refractivity contribution in [3.05, 3.63) is 18.0 Å². The van der Waals surface area contributed by atoms with Crippen LogP contribution in [0.2, 0.25) is 0 Å². The highest BCUT2D eigenvalue weighted by Crippen LogP contribution is 2.37. The molecule has 0 aromatic carbocycles. The van der Waals surface area contributed by atoms with Crippen LogP contribution in [0.5, 0.6) is 0 Å². The maximum absolute atomic E-state index is 12.8. The number of nitrogens with zero attached hydrogens (tertiary/aromatic N) is 2. The van der Waals surface area contributed by atoms with E-state index in [4.69, 9.17) is 5.73 Å². The van der Waals surface area contributed by atoms with E-state index in [1.165, 1.54) is 32.1 Å². The second-order valence-electron chi connectivity index (χ2n) is 6.67. The number of hydrogen-bond acceptors (Lipinski definition) is 2. The van der Waals surface area contributed by atoms with E-state index < -0.39 is 0 Å². The number of carbonyl (C=O) groups is 1. The molecule has 0 bridgehead atoms. The van der Waals surface area contributed by atoms with E-state index >= 15 is 0 Å². The monoisotopic (exact) mass is 289 g/mol. The molecule has 1 amide bonds. The first-order chi connectivity index (χ1) is 10.2. The van der Waals surface area contributed by atoms with Crippen molar-refractivity contribution in [2.24, 2.45) is 5.92 Å². The summed E-state index contributed by atoms with van der Waals surface area (Å²) in [5, 5.41) is 0. The van der Waals surface area contributed by atoms with Crippen molar-refractivity contribution in [3.63, 3.8) is 0 Å². The Morgan fingerprint density at radius 1 is 1.29 bits per heavy atom. The number of hydrogen-bond donors (Lipinski definition) is 1. The average molecular weight is 289 g/mol. The summed E-state index contributed by atoms with van der Waals surface area (Å²) < 4.78 is 2.10. The van der Waals surface area contributed by atoms with Gasteiger partial charge in [0.15, 0.2) is 0 Å². The van der Waals surface area contributed by atoms with E-state index in [2.05, 4.69) is 11.5 Å². The lowest BCUT2D eigenvalue weighted by Gasteiger charge is -2.21. The molecule has 1 saturated heterocycles. The van der Waals surface area contributed by atoms with Crippen LogP contribution in [-0.2, 0) is 0 Å². The van der Waals surface area contributed by atoms with Crippen molar-refractivity contribution in [3.8, 4) is 0 Å². The molecule has 0 radical (unpaired) electrons. The summed E-state index contributed by atoms with van der Waals surface area (Å²) >= 11 is 0. The highest BCUT2D eigenvalue weighted by molar-refractivity contribution is 5.94. The van der Waals surface area contributed by atoms with Crippen molar-refractivity contribution < 1.29 is 4.79 Å². The summed E-state index contributed by atoms with van der Waals surface area (Å²) in [6.07, 6.45) is 10.4. The Kier molecular flexibility index (Phi) is 4.22. The van der Waals surface area contributed by atoms with Gasteiger partial charge >= 0.3 is 0 Å². The molecule has 2 heterocycles. The van der Waals surface area contributed by atoms with Gasteiger partial charge in [-0.2, -0.15) is 0 Å². The molecule has 2 fully saturated rings. The molecule has 3 rings (SSSR count). The van der Waals surface area contributed by atoms with Crippen LogP contribution in [0, 0.1) is 5.92 Å². The first-order valence-corrected chi connectivity index (χ1v) is 8.45. The highest BCUT2D eigenvalue weighted by atomic mass is 16.2. The fraction of sp³-hybridized carbons (Fsp3) is 0.706. The Morgan fingerprint density at radius 2 is 2.10 bits per heavy atom. The summed E-state index contributed by atoms with van der Waals surface area (Å²) in [4.78, 5) is 14.9. The van der Waals surface area contributed by atoms with Crippen LogP contribution in [0.25, 0.3) is 0 Å². The number of nitrogen functional groups attached to an aromatic ring is 1. The van der Waals surface area contributed by atoms with Crippen LogP contribution in [0.3, 0.4) is 0 Å². The number of aromatic nitrogens is 1. The van der Waals surface area contributed by atoms with Crippen LogP contribution in [0.15, 0.2) is 12.3 Å². The molecule has 1 aromatic heterocycles. The zero-order valence-electron chi connectivity index (χ0n) is 13.1. The van der Waals surface area contributed by atoms with Gasteiger partial charge < -0.3 is 15.2 Å². The first-order valence-electron chi connectivity index (χ1n) is 8.45. The van der Waals surface area contributed by atoms with E-state index in [1.807, 2.05) is 17.2 Å². The van der Waals surface area contributed by atoms with Crippen molar-refractivity contribution in [1.29, 1.82) is 0 Å². The standard InChI is InChI=1S/C17H27N3O/c1-2-4-13-5-3-9-19(10-8-13)17(21)16-11-14(18)12-20(16)15-6-7-15/h11-13,15H,2-10,18H2,1H3. The minimum Gasteiger partial charge on any atom is -0.397 e. The molecule has 1 aromatic rings. The zero-order valence-corrected chi connectivity index (χ0v) is 13.1. The first kappa shape index (κ1) is 14.5. The van der Waals surface area contributed by atoms with Gasteiger partial charge in [-0.05, 0) is 44.1 Å². The Balaban J connectivity index is 1.70. The Morgan fingerprint density at radius 3 is 2.81 bits per heavy atom. The van der Waals surface area contributed by atoms with Crippen LogP contribution in [0.1, 0.15) is 68.4 Å². The Hall–Kier alpha value is -1.45. The number of carbonyl (C=O) groups excluding carboxylic acids is 1. The van der Waals surface area contributed by atoms with Gasteiger partial charge in [0.2, 0.25) is 0 Å². The summed E-state index contributed by atoms with van der Waals surface area (Å²) in [5.41, 5.74) is 7.42. The van der Waals surface area contributed by atoms with E-state index in [1.54, 1.807) is 0 Å². The molecular weight excluding hydrogens is 262 g/mol. The number of rotatable bonds is 4. The van der Waals surface area contributed by atoms with Crippen molar-refractivity contribution >= 4 is 11.6 Å². The minimum absolute atomic E-state index is 0.177. The second-order valence-corrected chi connectivity index (χ2v) is 6.67. The lowest BCUT2D eigenvalue weighted by atomic mass is 9.96. The molecule has 21 heavy (non-hydrogen) atoms. The van der Waals surface area contributed by atoms with E-state index in [0.29, 0.717) is 11.7 Å². The lowest BCUT2D eigenvalue weighted by molar-refractivity contribution is 0.0748. The maximum atomic E-state index is 12.8. The van der Waals surface area contributed by atoms with Gasteiger partial charge in [0.25, 0.3) is 5.91 Å². The SMILES string of the molecule is CCCC1CCCN(C(=O)c2cc(N)cn2C2CC2)CC1. The number of anilines is 1. The molecule has 0 spiro atoms.